The fourth-order valence-corrected chi connectivity index (χ4v) is 2.16. The molecule has 0 aliphatic carbocycles. The quantitative estimate of drug-likeness (QED) is 0.812. The molecular weight excluding hydrogens is 188 g/mol. The first-order valence-corrected chi connectivity index (χ1v) is 6.00. The molecule has 15 heavy (non-hydrogen) atoms. The Morgan fingerprint density at radius 2 is 2.47 bits per heavy atom. The molecule has 2 heterocycles. The Morgan fingerprint density at radius 1 is 1.53 bits per heavy atom. The lowest BCUT2D eigenvalue weighted by Gasteiger charge is -2.22. The number of nitrogens with zero attached hydrogens (tertiary/aromatic N) is 3. The molecule has 1 unspecified atom stereocenters. The lowest BCUT2D eigenvalue weighted by Crippen LogP contribution is -2.36. The van der Waals surface area contributed by atoms with Gasteiger partial charge in [0.2, 0.25) is 0 Å². The van der Waals surface area contributed by atoms with Gasteiger partial charge in [-0.3, -0.25) is 4.68 Å². The number of hydrogen-bond acceptors (Lipinski definition) is 3. The van der Waals surface area contributed by atoms with Crippen LogP contribution in [0.4, 0.5) is 0 Å². The number of piperidine rings is 1. The lowest BCUT2D eigenvalue weighted by molar-refractivity contribution is 0.387. The normalized spacial score (nSPS) is 21.8. The highest BCUT2D eigenvalue weighted by Gasteiger charge is 2.15. The van der Waals surface area contributed by atoms with Gasteiger partial charge in [0.15, 0.2) is 0 Å². The molecule has 1 aromatic heterocycles. The van der Waals surface area contributed by atoms with Crippen LogP contribution in [0.2, 0.25) is 0 Å². The van der Waals surface area contributed by atoms with Gasteiger partial charge in [0.05, 0.1) is 0 Å². The average Bonchev–Trinajstić information content (AvgIpc) is 2.68. The van der Waals surface area contributed by atoms with Crippen LogP contribution in [0, 0.1) is 0 Å². The Hall–Kier alpha value is -0.900. The molecule has 1 N–H and O–H groups in total. The molecule has 1 saturated heterocycles. The molecule has 0 spiro atoms. The fraction of sp³-hybridized carbons (Fsp3) is 0.818. The number of aromatic nitrogens is 3. The Morgan fingerprint density at radius 3 is 3.20 bits per heavy atom. The molecule has 1 aliphatic rings. The Labute approximate surface area is 91.1 Å². The van der Waals surface area contributed by atoms with E-state index in [1.807, 2.05) is 4.68 Å². The van der Waals surface area contributed by atoms with Crippen molar-refractivity contribution in [3.8, 4) is 0 Å². The molecule has 2 rings (SSSR count). The highest BCUT2D eigenvalue weighted by Crippen LogP contribution is 2.11. The molecular formula is C11H20N4. The maximum absolute atomic E-state index is 4.34. The molecule has 1 aromatic rings. The summed E-state index contributed by atoms with van der Waals surface area (Å²) in [5.41, 5.74) is 0. The number of hydrogen-bond donors (Lipinski definition) is 1. The first kappa shape index (κ1) is 10.6. The smallest absolute Gasteiger partial charge is 0.138 e. The first-order valence-electron chi connectivity index (χ1n) is 6.00. The van der Waals surface area contributed by atoms with Gasteiger partial charge in [0.25, 0.3) is 0 Å². The minimum atomic E-state index is 0.610. The summed E-state index contributed by atoms with van der Waals surface area (Å²) in [6, 6.07) is 0.610. The summed E-state index contributed by atoms with van der Waals surface area (Å²) in [7, 11) is 0. The minimum absolute atomic E-state index is 0.610. The third-order valence-corrected chi connectivity index (χ3v) is 2.97. The van der Waals surface area contributed by atoms with Crippen molar-refractivity contribution in [2.24, 2.45) is 0 Å². The second kappa shape index (κ2) is 5.26. The van der Waals surface area contributed by atoms with Crippen molar-refractivity contribution in [3.05, 3.63) is 12.2 Å². The van der Waals surface area contributed by atoms with Crippen molar-refractivity contribution in [1.82, 2.24) is 20.1 Å². The van der Waals surface area contributed by atoms with Crippen molar-refractivity contribution >= 4 is 0 Å². The van der Waals surface area contributed by atoms with Crippen LogP contribution in [0.1, 0.15) is 38.4 Å². The molecule has 0 radical (unpaired) electrons. The zero-order valence-electron chi connectivity index (χ0n) is 9.45. The van der Waals surface area contributed by atoms with E-state index in [9.17, 15) is 0 Å². The van der Waals surface area contributed by atoms with Crippen molar-refractivity contribution < 1.29 is 0 Å². The molecule has 1 fully saturated rings. The SMILES string of the molecule is CCCn1ncnc1CC1CCCCN1. The standard InChI is InChI=1S/C11H20N4/c1-2-7-15-11(13-9-14-15)8-10-5-3-4-6-12-10/h9-10,12H,2-8H2,1H3. The molecule has 0 aromatic carbocycles. The first-order chi connectivity index (χ1) is 7.40. The van der Waals surface area contributed by atoms with Crippen molar-refractivity contribution in [2.45, 2.75) is 51.6 Å². The Bertz CT molecular complexity index is 289. The second-order valence-electron chi connectivity index (χ2n) is 4.25. The highest BCUT2D eigenvalue weighted by molar-refractivity contribution is 4.90. The van der Waals surface area contributed by atoms with Crippen molar-refractivity contribution in [2.75, 3.05) is 6.54 Å². The summed E-state index contributed by atoms with van der Waals surface area (Å²) in [6.45, 7) is 4.32. The van der Waals surface area contributed by atoms with Gasteiger partial charge in [-0.25, -0.2) is 4.98 Å². The van der Waals surface area contributed by atoms with Crippen LogP contribution in [-0.4, -0.2) is 27.4 Å². The Balaban J connectivity index is 1.93. The van der Waals surface area contributed by atoms with Gasteiger partial charge in [0.1, 0.15) is 12.2 Å². The maximum atomic E-state index is 4.34. The third kappa shape index (κ3) is 2.78. The molecule has 0 saturated carbocycles. The van der Waals surface area contributed by atoms with E-state index in [1.54, 1.807) is 6.33 Å². The number of nitrogens with one attached hydrogen (secondary N) is 1. The zero-order valence-corrected chi connectivity index (χ0v) is 9.45. The van der Waals surface area contributed by atoms with E-state index in [4.69, 9.17) is 0 Å². The van der Waals surface area contributed by atoms with Gasteiger partial charge in [-0.2, -0.15) is 5.10 Å². The van der Waals surface area contributed by atoms with Gasteiger partial charge in [0, 0.05) is 19.0 Å². The summed E-state index contributed by atoms with van der Waals surface area (Å²) < 4.78 is 2.04. The largest absolute Gasteiger partial charge is 0.314 e. The van der Waals surface area contributed by atoms with Crippen LogP contribution in [0.25, 0.3) is 0 Å². The van der Waals surface area contributed by atoms with Gasteiger partial charge in [-0.05, 0) is 25.8 Å². The lowest BCUT2D eigenvalue weighted by atomic mass is 10.0. The molecule has 4 nitrogen and oxygen atoms in total. The number of rotatable bonds is 4. The Kier molecular flexibility index (Phi) is 3.72. The second-order valence-corrected chi connectivity index (χ2v) is 4.25. The zero-order chi connectivity index (χ0) is 10.5. The van der Waals surface area contributed by atoms with Gasteiger partial charge >= 0.3 is 0 Å². The highest BCUT2D eigenvalue weighted by atomic mass is 15.3. The molecule has 4 heteroatoms. The van der Waals surface area contributed by atoms with Gasteiger partial charge < -0.3 is 5.32 Å². The summed E-state index contributed by atoms with van der Waals surface area (Å²) in [5.74, 6) is 1.14. The van der Waals surface area contributed by atoms with E-state index in [1.165, 1.54) is 19.3 Å². The van der Waals surface area contributed by atoms with Crippen LogP contribution < -0.4 is 5.32 Å². The third-order valence-electron chi connectivity index (χ3n) is 2.97. The van der Waals surface area contributed by atoms with E-state index < -0.39 is 0 Å². The minimum Gasteiger partial charge on any atom is -0.314 e. The average molecular weight is 208 g/mol. The van der Waals surface area contributed by atoms with Crippen molar-refractivity contribution in [3.63, 3.8) is 0 Å². The fourth-order valence-electron chi connectivity index (χ4n) is 2.16. The van der Waals surface area contributed by atoms with E-state index in [-0.39, 0.29) is 0 Å². The van der Waals surface area contributed by atoms with E-state index in [0.717, 1.165) is 31.8 Å². The van der Waals surface area contributed by atoms with Crippen LogP contribution in [0.5, 0.6) is 0 Å². The van der Waals surface area contributed by atoms with Crippen molar-refractivity contribution in [1.29, 1.82) is 0 Å². The summed E-state index contributed by atoms with van der Waals surface area (Å²) in [5, 5.41) is 7.79. The topological polar surface area (TPSA) is 42.7 Å². The molecule has 84 valence electrons. The predicted octanol–water partition coefficient (Wildman–Crippen LogP) is 1.37. The molecule has 1 atom stereocenters. The van der Waals surface area contributed by atoms with E-state index >= 15 is 0 Å². The summed E-state index contributed by atoms with van der Waals surface area (Å²) >= 11 is 0. The van der Waals surface area contributed by atoms with Gasteiger partial charge in [-0.15, -0.1) is 0 Å². The predicted molar refractivity (Wildman–Crippen MR) is 59.7 cm³/mol. The summed E-state index contributed by atoms with van der Waals surface area (Å²) in [4.78, 5) is 4.34. The van der Waals surface area contributed by atoms with Crippen LogP contribution >= 0.6 is 0 Å². The van der Waals surface area contributed by atoms with E-state index in [0.29, 0.717) is 6.04 Å². The van der Waals surface area contributed by atoms with Crippen LogP contribution in [0.3, 0.4) is 0 Å². The molecule has 1 aliphatic heterocycles. The van der Waals surface area contributed by atoms with Gasteiger partial charge in [-0.1, -0.05) is 13.3 Å². The molecule has 0 amide bonds. The monoisotopic (exact) mass is 208 g/mol. The molecule has 0 bridgehead atoms. The maximum Gasteiger partial charge on any atom is 0.138 e. The summed E-state index contributed by atoms with van der Waals surface area (Å²) in [6.07, 6.45) is 7.76. The number of aryl methyl sites for hydroxylation is 1. The van der Waals surface area contributed by atoms with E-state index in [2.05, 4.69) is 22.3 Å². The van der Waals surface area contributed by atoms with Crippen LogP contribution in [-0.2, 0) is 13.0 Å². The van der Waals surface area contributed by atoms with Crippen LogP contribution in [0.15, 0.2) is 6.33 Å².